The molecule has 0 aliphatic carbocycles. The maximum absolute atomic E-state index is 14.0. The molecule has 0 aliphatic rings. The summed E-state index contributed by atoms with van der Waals surface area (Å²) in [5, 5.41) is 9.65. The summed E-state index contributed by atoms with van der Waals surface area (Å²) in [5.41, 5.74) is 0.203. The first-order chi connectivity index (χ1) is 15.5. The first-order valence-corrected chi connectivity index (χ1v) is 12.0. The van der Waals surface area contributed by atoms with Gasteiger partial charge >= 0.3 is 0 Å². The van der Waals surface area contributed by atoms with Crippen LogP contribution in [0.1, 0.15) is 19.4 Å². The van der Waals surface area contributed by atoms with Crippen molar-refractivity contribution in [2.45, 2.75) is 37.4 Å². The lowest BCUT2D eigenvalue weighted by atomic mass is 10.0. The van der Waals surface area contributed by atoms with Crippen molar-refractivity contribution in [3.8, 4) is 0 Å². The molecular weight excluding hydrogens is 457 g/mol. The SMILES string of the molecule is CO[C@@H](CN(C)Cc1cc(F)ccc1F)[C@H](C)CN([C@@H](C)CO)S(=O)(=O)c1ccc(F)cc1. The molecule has 0 amide bonds. The maximum atomic E-state index is 14.0. The number of aliphatic hydroxyl groups excluding tert-OH is 1. The summed E-state index contributed by atoms with van der Waals surface area (Å²) >= 11 is 0. The third-order valence-corrected chi connectivity index (χ3v) is 7.52. The van der Waals surface area contributed by atoms with Gasteiger partial charge in [0.15, 0.2) is 0 Å². The second-order valence-corrected chi connectivity index (χ2v) is 10.1. The fourth-order valence-corrected chi connectivity index (χ4v) is 5.29. The van der Waals surface area contributed by atoms with E-state index in [4.69, 9.17) is 4.74 Å². The Morgan fingerprint density at radius 3 is 2.18 bits per heavy atom. The average Bonchev–Trinajstić information content (AvgIpc) is 2.77. The van der Waals surface area contributed by atoms with E-state index in [-0.39, 0.29) is 29.5 Å². The van der Waals surface area contributed by atoms with Crippen LogP contribution in [-0.4, -0.2) is 68.7 Å². The molecule has 0 saturated carbocycles. The lowest BCUT2D eigenvalue weighted by Crippen LogP contribution is -2.46. The Labute approximate surface area is 193 Å². The van der Waals surface area contributed by atoms with E-state index in [9.17, 15) is 26.7 Å². The van der Waals surface area contributed by atoms with E-state index < -0.39 is 46.2 Å². The Morgan fingerprint density at radius 2 is 1.61 bits per heavy atom. The molecule has 0 aromatic heterocycles. The highest BCUT2D eigenvalue weighted by molar-refractivity contribution is 7.89. The Morgan fingerprint density at radius 1 is 1.00 bits per heavy atom. The molecule has 6 nitrogen and oxygen atoms in total. The molecule has 0 radical (unpaired) electrons. The van der Waals surface area contributed by atoms with E-state index in [1.807, 2.05) is 6.92 Å². The number of sulfonamides is 1. The van der Waals surface area contributed by atoms with E-state index in [1.165, 1.54) is 23.5 Å². The van der Waals surface area contributed by atoms with Crippen LogP contribution in [0.15, 0.2) is 47.4 Å². The largest absolute Gasteiger partial charge is 0.395 e. The zero-order chi connectivity index (χ0) is 24.8. The summed E-state index contributed by atoms with van der Waals surface area (Å²) in [6.45, 7) is 3.48. The number of hydrogen-bond acceptors (Lipinski definition) is 5. The summed E-state index contributed by atoms with van der Waals surface area (Å²) in [4.78, 5) is 1.68. The van der Waals surface area contributed by atoms with Crippen molar-refractivity contribution in [3.05, 3.63) is 65.5 Å². The van der Waals surface area contributed by atoms with Crippen molar-refractivity contribution in [2.75, 3.05) is 33.9 Å². The van der Waals surface area contributed by atoms with Crippen molar-refractivity contribution >= 4 is 10.0 Å². The van der Waals surface area contributed by atoms with Crippen LogP contribution in [0, 0.1) is 23.4 Å². The fraction of sp³-hybridized carbons (Fsp3) is 0.478. The van der Waals surface area contributed by atoms with Crippen LogP contribution in [0.2, 0.25) is 0 Å². The van der Waals surface area contributed by atoms with Gasteiger partial charge in [-0.1, -0.05) is 6.92 Å². The number of benzene rings is 2. The topological polar surface area (TPSA) is 70.1 Å². The van der Waals surface area contributed by atoms with E-state index >= 15 is 0 Å². The molecule has 0 spiro atoms. The van der Waals surface area contributed by atoms with Crippen LogP contribution in [0.5, 0.6) is 0 Å². The third kappa shape index (κ3) is 7.25. The number of likely N-dealkylation sites (N-methyl/N-ethyl adjacent to an activating group) is 1. The number of nitrogens with zero attached hydrogens (tertiary/aromatic N) is 2. The van der Waals surface area contributed by atoms with Crippen molar-refractivity contribution in [1.82, 2.24) is 9.21 Å². The Hall–Kier alpha value is -1.98. The molecular formula is C23H31F3N2O4S. The lowest BCUT2D eigenvalue weighted by Gasteiger charge is -2.33. The maximum Gasteiger partial charge on any atom is 0.243 e. The molecule has 2 aromatic carbocycles. The lowest BCUT2D eigenvalue weighted by molar-refractivity contribution is 0.0219. The van der Waals surface area contributed by atoms with E-state index in [1.54, 1.807) is 18.9 Å². The number of hydrogen-bond donors (Lipinski definition) is 1. The molecule has 2 rings (SSSR count). The molecule has 0 bridgehead atoms. The van der Waals surface area contributed by atoms with Crippen LogP contribution >= 0.6 is 0 Å². The van der Waals surface area contributed by atoms with Gasteiger partial charge in [-0.05, 0) is 62.4 Å². The molecule has 33 heavy (non-hydrogen) atoms. The van der Waals surface area contributed by atoms with Crippen molar-refractivity contribution in [3.63, 3.8) is 0 Å². The van der Waals surface area contributed by atoms with Gasteiger partial charge in [0.05, 0.1) is 17.6 Å². The normalized spacial score (nSPS) is 15.1. The Kier molecular flexibility index (Phi) is 9.86. The van der Waals surface area contributed by atoms with Gasteiger partial charge in [0.1, 0.15) is 17.5 Å². The Balaban J connectivity index is 2.16. The van der Waals surface area contributed by atoms with Crippen molar-refractivity contribution in [2.24, 2.45) is 5.92 Å². The smallest absolute Gasteiger partial charge is 0.243 e. The van der Waals surface area contributed by atoms with E-state index in [0.29, 0.717) is 6.54 Å². The van der Waals surface area contributed by atoms with Gasteiger partial charge in [-0.25, -0.2) is 21.6 Å². The van der Waals surface area contributed by atoms with Crippen LogP contribution in [0.4, 0.5) is 13.2 Å². The van der Waals surface area contributed by atoms with Gasteiger partial charge in [-0.3, -0.25) is 4.90 Å². The summed E-state index contributed by atoms with van der Waals surface area (Å²) in [7, 11) is -0.786. The summed E-state index contributed by atoms with van der Waals surface area (Å²) < 4.78 is 73.8. The van der Waals surface area contributed by atoms with Gasteiger partial charge in [-0.2, -0.15) is 4.31 Å². The van der Waals surface area contributed by atoms with E-state index in [0.717, 1.165) is 30.3 Å². The van der Waals surface area contributed by atoms with Crippen molar-refractivity contribution < 1.29 is 31.4 Å². The number of methoxy groups -OCH3 is 1. The molecule has 1 N–H and O–H groups in total. The van der Waals surface area contributed by atoms with Gasteiger partial charge in [-0.15, -0.1) is 0 Å². The average molecular weight is 489 g/mol. The quantitative estimate of drug-likeness (QED) is 0.497. The number of ether oxygens (including phenoxy) is 1. The monoisotopic (exact) mass is 488 g/mol. The van der Waals surface area contributed by atoms with Gasteiger partial charge in [0.25, 0.3) is 0 Å². The fourth-order valence-electron chi connectivity index (χ4n) is 3.56. The molecule has 2 aromatic rings. The minimum atomic E-state index is -4.01. The predicted molar refractivity (Wildman–Crippen MR) is 119 cm³/mol. The molecule has 3 atom stereocenters. The second-order valence-electron chi connectivity index (χ2n) is 8.24. The van der Waals surface area contributed by atoms with Gasteiger partial charge in [0, 0.05) is 38.3 Å². The number of rotatable bonds is 12. The van der Waals surface area contributed by atoms with Crippen LogP contribution in [0.3, 0.4) is 0 Å². The van der Waals surface area contributed by atoms with Crippen molar-refractivity contribution in [1.29, 1.82) is 0 Å². The molecule has 184 valence electrons. The zero-order valence-electron chi connectivity index (χ0n) is 19.2. The number of halogens is 3. The van der Waals surface area contributed by atoms with E-state index in [2.05, 4.69) is 0 Å². The standard InChI is InChI=1S/C23H31F3N2O4S/c1-16(23(32-4)14-27(3)13-18-11-20(25)7-10-22(18)26)12-28(17(2)15-29)33(30,31)21-8-5-19(24)6-9-21/h5-11,16-17,23,29H,12-15H2,1-4H3/t16-,17+,23+/m1/s1. The highest BCUT2D eigenvalue weighted by Gasteiger charge is 2.32. The highest BCUT2D eigenvalue weighted by atomic mass is 32.2. The van der Waals surface area contributed by atoms with Gasteiger partial charge < -0.3 is 9.84 Å². The first-order valence-electron chi connectivity index (χ1n) is 10.5. The molecule has 0 unspecified atom stereocenters. The molecule has 0 saturated heterocycles. The highest BCUT2D eigenvalue weighted by Crippen LogP contribution is 2.22. The second kappa shape index (κ2) is 11.9. The summed E-state index contributed by atoms with van der Waals surface area (Å²) in [6.07, 6.45) is -0.441. The van der Waals surface area contributed by atoms with Crippen LogP contribution in [-0.2, 0) is 21.3 Å². The number of aliphatic hydroxyl groups is 1. The molecule has 0 heterocycles. The minimum absolute atomic E-state index is 0.0299. The van der Waals surface area contributed by atoms with Crippen LogP contribution < -0.4 is 0 Å². The van der Waals surface area contributed by atoms with Gasteiger partial charge in [0.2, 0.25) is 10.0 Å². The molecule has 10 heteroatoms. The summed E-state index contributed by atoms with van der Waals surface area (Å²) in [5.74, 6) is -1.92. The summed E-state index contributed by atoms with van der Waals surface area (Å²) in [6, 6.07) is 7.03. The van der Waals surface area contributed by atoms with Crippen LogP contribution in [0.25, 0.3) is 0 Å². The Bertz CT molecular complexity index is 1010. The zero-order valence-corrected chi connectivity index (χ0v) is 20.0. The predicted octanol–water partition coefficient (Wildman–Crippen LogP) is 3.26. The molecule has 0 fully saturated rings. The first kappa shape index (κ1) is 27.3. The molecule has 0 aliphatic heterocycles. The third-order valence-electron chi connectivity index (χ3n) is 5.52. The minimum Gasteiger partial charge on any atom is -0.395 e.